The van der Waals surface area contributed by atoms with Gasteiger partial charge in [-0.1, -0.05) is 6.07 Å². The number of ether oxygens (including phenoxy) is 1. The van der Waals surface area contributed by atoms with Crippen LogP contribution in [0.3, 0.4) is 0 Å². The Balaban J connectivity index is 1.61. The lowest BCUT2D eigenvalue weighted by Gasteiger charge is -2.29. The molecule has 0 atom stereocenters. The van der Waals surface area contributed by atoms with Crippen molar-refractivity contribution in [3.8, 4) is 11.4 Å². The molecule has 4 heterocycles. The molecule has 1 aliphatic heterocycles. The summed E-state index contributed by atoms with van der Waals surface area (Å²) in [5.41, 5.74) is 8.06. The lowest BCUT2D eigenvalue weighted by atomic mass is 10.1. The van der Waals surface area contributed by atoms with Gasteiger partial charge >= 0.3 is 0 Å². The number of aromatic nitrogens is 5. The zero-order valence-electron chi connectivity index (χ0n) is 16.2. The van der Waals surface area contributed by atoms with Gasteiger partial charge in [0.2, 0.25) is 5.95 Å². The van der Waals surface area contributed by atoms with Gasteiger partial charge in [-0.3, -0.25) is 0 Å². The van der Waals surface area contributed by atoms with Gasteiger partial charge in [0.15, 0.2) is 5.82 Å². The Hall–Kier alpha value is -3.85. The van der Waals surface area contributed by atoms with Crippen LogP contribution in [0, 0.1) is 0 Å². The number of pyridine rings is 1. The first-order valence-corrected chi connectivity index (χ1v) is 9.67. The minimum Gasteiger partial charge on any atom is -0.378 e. The maximum atomic E-state index is 5.64. The summed E-state index contributed by atoms with van der Waals surface area (Å²) in [6.45, 7) is 2.89. The minimum absolute atomic E-state index is 0.217. The van der Waals surface area contributed by atoms with Gasteiger partial charge in [0.1, 0.15) is 11.6 Å². The number of fused-ring (bicyclic) bond motifs is 1. The summed E-state index contributed by atoms with van der Waals surface area (Å²) in [5.74, 6) is 2.42. The largest absolute Gasteiger partial charge is 0.378 e. The number of anilines is 4. The smallest absolute Gasteiger partial charge is 0.219 e. The molecule has 1 aliphatic rings. The zero-order chi connectivity index (χ0) is 20.3. The third-order valence-electron chi connectivity index (χ3n) is 4.85. The van der Waals surface area contributed by atoms with Crippen LogP contribution in [-0.2, 0) is 4.74 Å². The molecule has 30 heavy (non-hydrogen) atoms. The van der Waals surface area contributed by atoms with Gasteiger partial charge in [0.25, 0.3) is 0 Å². The molecule has 0 amide bonds. The molecule has 3 aromatic heterocycles. The van der Waals surface area contributed by atoms with Gasteiger partial charge in [-0.15, -0.1) is 0 Å². The molecule has 0 radical (unpaired) electrons. The van der Waals surface area contributed by atoms with Crippen molar-refractivity contribution < 1.29 is 4.74 Å². The van der Waals surface area contributed by atoms with E-state index in [0.29, 0.717) is 24.6 Å². The second-order valence-corrected chi connectivity index (χ2v) is 6.87. The topological polar surface area (TPSA) is 115 Å². The molecule has 1 fully saturated rings. The molecule has 0 saturated carbocycles. The Morgan fingerprint density at radius 1 is 0.967 bits per heavy atom. The summed E-state index contributed by atoms with van der Waals surface area (Å²) >= 11 is 0. The summed E-state index contributed by atoms with van der Waals surface area (Å²) in [7, 11) is 0. The predicted octanol–water partition coefficient (Wildman–Crippen LogP) is 2.64. The molecule has 5 rings (SSSR count). The van der Waals surface area contributed by atoms with E-state index in [2.05, 4.69) is 25.2 Å². The highest BCUT2D eigenvalue weighted by Crippen LogP contribution is 2.30. The molecule has 150 valence electrons. The molecule has 9 nitrogen and oxygen atoms in total. The van der Waals surface area contributed by atoms with Crippen molar-refractivity contribution in [1.82, 2.24) is 24.9 Å². The van der Waals surface area contributed by atoms with E-state index in [4.69, 9.17) is 20.4 Å². The first kappa shape index (κ1) is 18.2. The van der Waals surface area contributed by atoms with E-state index < -0.39 is 0 Å². The normalized spacial score (nSPS) is 14.1. The number of hydrogen-bond acceptors (Lipinski definition) is 9. The second-order valence-electron chi connectivity index (χ2n) is 6.87. The van der Waals surface area contributed by atoms with Crippen molar-refractivity contribution in [3.05, 3.63) is 55.0 Å². The third kappa shape index (κ3) is 3.70. The van der Waals surface area contributed by atoms with E-state index in [9.17, 15) is 0 Å². The van der Waals surface area contributed by atoms with E-state index in [1.807, 2.05) is 36.4 Å². The van der Waals surface area contributed by atoms with E-state index in [1.54, 1.807) is 18.6 Å². The average Bonchev–Trinajstić information content (AvgIpc) is 2.80. The Bertz CT molecular complexity index is 1160. The number of nitrogens with two attached hydrogens (primary N) is 1. The van der Waals surface area contributed by atoms with Crippen LogP contribution in [0.4, 0.5) is 23.3 Å². The summed E-state index contributed by atoms with van der Waals surface area (Å²) in [6, 6.07) is 11.8. The van der Waals surface area contributed by atoms with Gasteiger partial charge in [-0.25, -0.2) is 24.9 Å². The SMILES string of the molecule is Nc1ncc(-c2nc(N3CCOCC3)c3ccc(Nc4ccccn4)cc3n2)cn1. The highest BCUT2D eigenvalue weighted by atomic mass is 16.5. The number of benzene rings is 1. The minimum atomic E-state index is 0.217. The molecule has 9 heteroatoms. The zero-order valence-corrected chi connectivity index (χ0v) is 16.2. The molecule has 1 saturated heterocycles. The molecular weight excluding hydrogens is 380 g/mol. The summed E-state index contributed by atoms with van der Waals surface area (Å²) in [4.78, 5) is 24.3. The van der Waals surface area contributed by atoms with Crippen molar-refractivity contribution in [1.29, 1.82) is 0 Å². The monoisotopic (exact) mass is 400 g/mol. The molecule has 4 aromatic rings. The van der Waals surface area contributed by atoms with Crippen LogP contribution in [0.1, 0.15) is 0 Å². The lowest BCUT2D eigenvalue weighted by Crippen LogP contribution is -2.37. The highest BCUT2D eigenvalue weighted by molar-refractivity contribution is 5.93. The maximum absolute atomic E-state index is 5.64. The number of rotatable bonds is 4. The van der Waals surface area contributed by atoms with Crippen molar-refractivity contribution in [3.63, 3.8) is 0 Å². The van der Waals surface area contributed by atoms with E-state index >= 15 is 0 Å². The fraction of sp³-hybridized carbons (Fsp3) is 0.190. The van der Waals surface area contributed by atoms with Gasteiger partial charge in [0, 0.05) is 42.8 Å². The number of nitrogens with one attached hydrogen (secondary N) is 1. The van der Waals surface area contributed by atoms with Gasteiger partial charge in [-0.05, 0) is 30.3 Å². The van der Waals surface area contributed by atoms with E-state index in [1.165, 1.54) is 0 Å². The summed E-state index contributed by atoms with van der Waals surface area (Å²) < 4.78 is 5.51. The second kappa shape index (κ2) is 7.88. The van der Waals surface area contributed by atoms with Crippen molar-refractivity contribution in [2.24, 2.45) is 0 Å². The Morgan fingerprint density at radius 2 is 1.80 bits per heavy atom. The molecular formula is C21H20N8O. The van der Waals surface area contributed by atoms with Crippen LogP contribution < -0.4 is 16.0 Å². The van der Waals surface area contributed by atoms with Gasteiger partial charge in [-0.2, -0.15) is 0 Å². The first-order chi connectivity index (χ1) is 14.8. The number of hydrogen-bond donors (Lipinski definition) is 2. The maximum Gasteiger partial charge on any atom is 0.219 e. The lowest BCUT2D eigenvalue weighted by molar-refractivity contribution is 0.122. The van der Waals surface area contributed by atoms with Crippen LogP contribution in [0.15, 0.2) is 55.0 Å². The van der Waals surface area contributed by atoms with Crippen LogP contribution >= 0.6 is 0 Å². The Morgan fingerprint density at radius 3 is 2.57 bits per heavy atom. The van der Waals surface area contributed by atoms with E-state index in [-0.39, 0.29) is 5.95 Å². The van der Waals surface area contributed by atoms with Crippen molar-refractivity contribution in [2.75, 3.05) is 42.3 Å². The fourth-order valence-electron chi connectivity index (χ4n) is 3.37. The number of nitrogen functional groups attached to an aromatic ring is 1. The standard InChI is InChI=1S/C21H20N8O/c22-21-24-12-14(13-25-21)19-27-17-11-15(26-18-3-1-2-6-23-18)4-5-16(17)20(28-19)29-7-9-30-10-8-29/h1-6,11-13H,7-10H2,(H,23,26)(H2,22,24,25). The third-order valence-corrected chi connectivity index (χ3v) is 4.85. The molecule has 0 bridgehead atoms. The molecule has 0 unspecified atom stereocenters. The first-order valence-electron chi connectivity index (χ1n) is 9.67. The van der Waals surface area contributed by atoms with Crippen LogP contribution in [0.2, 0.25) is 0 Å². The van der Waals surface area contributed by atoms with Crippen molar-refractivity contribution >= 4 is 34.2 Å². The average molecular weight is 400 g/mol. The fourth-order valence-corrected chi connectivity index (χ4v) is 3.37. The highest BCUT2D eigenvalue weighted by Gasteiger charge is 2.18. The van der Waals surface area contributed by atoms with Crippen LogP contribution in [-0.4, -0.2) is 51.2 Å². The van der Waals surface area contributed by atoms with Gasteiger partial charge < -0.3 is 20.7 Å². The predicted molar refractivity (Wildman–Crippen MR) is 116 cm³/mol. The Labute approximate surface area is 173 Å². The summed E-state index contributed by atoms with van der Waals surface area (Å²) in [5, 5.41) is 4.29. The molecule has 1 aromatic carbocycles. The molecule has 0 aliphatic carbocycles. The quantitative estimate of drug-likeness (QED) is 0.533. The number of nitrogens with zero attached hydrogens (tertiary/aromatic N) is 6. The van der Waals surface area contributed by atoms with Crippen LogP contribution in [0.5, 0.6) is 0 Å². The molecule has 0 spiro atoms. The van der Waals surface area contributed by atoms with Crippen molar-refractivity contribution in [2.45, 2.75) is 0 Å². The summed E-state index contributed by atoms with van der Waals surface area (Å²) in [6.07, 6.45) is 5.03. The Kier molecular flexibility index (Phi) is 4.78. The van der Waals surface area contributed by atoms with Gasteiger partial charge in [0.05, 0.1) is 24.3 Å². The van der Waals surface area contributed by atoms with Crippen LogP contribution in [0.25, 0.3) is 22.3 Å². The molecule has 3 N–H and O–H groups in total. The van der Waals surface area contributed by atoms with E-state index in [0.717, 1.165) is 41.3 Å². The number of morpholine rings is 1.